The first-order chi connectivity index (χ1) is 15.4. The van der Waals surface area contributed by atoms with Crippen LogP contribution in [0, 0.1) is 23.3 Å². The lowest BCUT2D eigenvalue weighted by Crippen LogP contribution is -2.38. The van der Waals surface area contributed by atoms with E-state index in [0.717, 1.165) is 12.1 Å². The number of rotatable bonds is 6. The van der Waals surface area contributed by atoms with E-state index in [0.29, 0.717) is 0 Å². The predicted octanol–water partition coefficient (Wildman–Crippen LogP) is 5.08. The Morgan fingerprint density at radius 3 is 2.38 bits per heavy atom. The van der Waals surface area contributed by atoms with Gasteiger partial charge in [-0.15, -0.1) is 0 Å². The van der Waals surface area contributed by atoms with E-state index in [4.69, 9.17) is 4.84 Å². The van der Waals surface area contributed by atoms with Crippen LogP contribution in [0.15, 0.2) is 71.9 Å². The van der Waals surface area contributed by atoms with E-state index < -0.39 is 35.3 Å². The van der Waals surface area contributed by atoms with Gasteiger partial charge in [0.2, 0.25) is 0 Å². The minimum absolute atomic E-state index is 0.0443. The van der Waals surface area contributed by atoms with Crippen molar-refractivity contribution < 1.29 is 27.2 Å². The third kappa shape index (κ3) is 4.64. The molecule has 8 heteroatoms. The van der Waals surface area contributed by atoms with Gasteiger partial charge in [0, 0.05) is 30.2 Å². The van der Waals surface area contributed by atoms with Gasteiger partial charge >= 0.3 is 0 Å². The fraction of sp³-hybridized carbons (Fsp3) is 0.167. The standard InChI is InChI=1S/C24H18F4N2O2/c25-16-9-10-18(22(28)11-16)23-12-17(32-29-23)14-30(13-15-5-1-3-7-20(15)26)24(31)19-6-2-4-8-21(19)27/h1-11,17H,12-14H2. The fourth-order valence-corrected chi connectivity index (χ4v) is 3.51. The molecule has 1 unspecified atom stereocenters. The third-order valence-electron chi connectivity index (χ3n) is 5.11. The van der Waals surface area contributed by atoms with Gasteiger partial charge in [-0.25, -0.2) is 17.6 Å². The first-order valence-electron chi connectivity index (χ1n) is 9.87. The predicted molar refractivity (Wildman–Crippen MR) is 110 cm³/mol. The van der Waals surface area contributed by atoms with Crippen molar-refractivity contribution >= 4 is 11.6 Å². The second kappa shape index (κ2) is 9.21. The highest BCUT2D eigenvalue weighted by Gasteiger charge is 2.29. The molecule has 164 valence electrons. The molecule has 0 N–H and O–H groups in total. The Bertz CT molecular complexity index is 1180. The maximum absolute atomic E-state index is 14.2. The van der Waals surface area contributed by atoms with Crippen LogP contribution >= 0.6 is 0 Å². The number of hydrogen-bond acceptors (Lipinski definition) is 3. The van der Waals surface area contributed by atoms with E-state index in [1.165, 1.54) is 53.4 Å². The molecule has 0 fully saturated rings. The molecule has 1 heterocycles. The molecule has 3 aromatic rings. The number of amides is 1. The topological polar surface area (TPSA) is 41.9 Å². The molecule has 0 saturated heterocycles. The highest BCUT2D eigenvalue weighted by Crippen LogP contribution is 2.23. The van der Waals surface area contributed by atoms with Gasteiger partial charge in [-0.3, -0.25) is 4.79 Å². The zero-order valence-electron chi connectivity index (χ0n) is 16.8. The Labute approximate surface area is 181 Å². The highest BCUT2D eigenvalue weighted by atomic mass is 19.1. The van der Waals surface area contributed by atoms with Crippen molar-refractivity contribution in [1.82, 2.24) is 4.90 Å². The second-order valence-corrected chi connectivity index (χ2v) is 7.35. The molecule has 4 rings (SSSR count). The largest absolute Gasteiger partial charge is 0.390 e. The molecule has 3 aromatic carbocycles. The van der Waals surface area contributed by atoms with Gasteiger partial charge in [0.25, 0.3) is 5.91 Å². The molecule has 1 aliphatic heterocycles. The van der Waals surface area contributed by atoms with Crippen LogP contribution in [0.2, 0.25) is 0 Å². The number of nitrogens with zero attached hydrogens (tertiary/aromatic N) is 2. The number of benzene rings is 3. The van der Waals surface area contributed by atoms with E-state index in [9.17, 15) is 22.4 Å². The van der Waals surface area contributed by atoms with Gasteiger partial charge in [0.15, 0.2) is 6.10 Å². The molecule has 32 heavy (non-hydrogen) atoms. The van der Waals surface area contributed by atoms with Gasteiger partial charge in [0.05, 0.1) is 17.8 Å². The van der Waals surface area contributed by atoms with Crippen molar-refractivity contribution in [2.24, 2.45) is 5.16 Å². The van der Waals surface area contributed by atoms with Crippen molar-refractivity contribution in [3.63, 3.8) is 0 Å². The van der Waals surface area contributed by atoms with Crippen molar-refractivity contribution in [1.29, 1.82) is 0 Å². The zero-order chi connectivity index (χ0) is 22.7. The SMILES string of the molecule is O=C(c1ccccc1F)N(Cc1ccccc1F)CC1CC(c2ccc(F)cc2F)=NO1. The first kappa shape index (κ1) is 21.5. The minimum Gasteiger partial charge on any atom is -0.390 e. The zero-order valence-corrected chi connectivity index (χ0v) is 16.8. The van der Waals surface area contributed by atoms with Crippen molar-refractivity contribution in [2.45, 2.75) is 19.1 Å². The Hall–Kier alpha value is -3.68. The molecule has 4 nitrogen and oxygen atoms in total. The third-order valence-corrected chi connectivity index (χ3v) is 5.11. The Kier molecular flexibility index (Phi) is 6.20. The maximum atomic E-state index is 14.2. The number of carbonyl (C=O) groups excluding carboxylic acids is 1. The molecule has 0 radical (unpaired) electrons. The van der Waals surface area contributed by atoms with Crippen LogP contribution in [0.4, 0.5) is 17.6 Å². The van der Waals surface area contributed by atoms with Crippen LogP contribution in [0.3, 0.4) is 0 Å². The fourth-order valence-electron chi connectivity index (χ4n) is 3.51. The van der Waals surface area contributed by atoms with Gasteiger partial charge in [-0.1, -0.05) is 35.5 Å². The number of oxime groups is 1. The summed E-state index contributed by atoms with van der Waals surface area (Å²) in [4.78, 5) is 19.7. The molecule has 1 amide bonds. The molecular weight excluding hydrogens is 424 g/mol. The summed E-state index contributed by atoms with van der Waals surface area (Å²) < 4.78 is 55.8. The summed E-state index contributed by atoms with van der Waals surface area (Å²) in [7, 11) is 0. The van der Waals surface area contributed by atoms with Crippen molar-refractivity contribution in [3.8, 4) is 0 Å². The Morgan fingerprint density at radius 2 is 1.66 bits per heavy atom. The second-order valence-electron chi connectivity index (χ2n) is 7.35. The summed E-state index contributed by atoms with van der Waals surface area (Å²) in [5.74, 6) is -3.34. The molecule has 0 bridgehead atoms. The van der Waals surface area contributed by atoms with Gasteiger partial charge in [-0.2, -0.15) is 0 Å². The van der Waals surface area contributed by atoms with Crippen LogP contribution in [-0.2, 0) is 11.4 Å². The summed E-state index contributed by atoms with van der Waals surface area (Å²) >= 11 is 0. The quantitative estimate of drug-likeness (QED) is 0.500. The van der Waals surface area contributed by atoms with Crippen LogP contribution < -0.4 is 0 Å². The summed E-state index contributed by atoms with van der Waals surface area (Å²) in [6.45, 7) is -0.169. The lowest BCUT2D eigenvalue weighted by atomic mass is 10.0. The summed E-state index contributed by atoms with van der Waals surface area (Å²) in [5, 5.41) is 3.87. The van der Waals surface area contributed by atoms with Crippen LogP contribution in [0.1, 0.15) is 27.9 Å². The van der Waals surface area contributed by atoms with Crippen molar-refractivity contribution in [2.75, 3.05) is 6.54 Å². The average molecular weight is 442 g/mol. The van der Waals surface area contributed by atoms with Crippen LogP contribution in [0.25, 0.3) is 0 Å². The lowest BCUT2D eigenvalue weighted by Gasteiger charge is -2.25. The number of hydrogen-bond donors (Lipinski definition) is 0. The Balaban J connectivity index is 1.55. The minimum atomic E-state index is -0.779. The van der Waals surface area contributed by atoms with Crippen LogP contribution in [0.5, 0.6) is 0 Å². The van der Waals surface area contributed by atoms with Crippen molar-refractivity contribution in [3.05, 3.63) is 107 Å². The maximum Gasteiger partial charge on any atom is 0.257 e. The van der Waals surface area contributed by atoms with E-state index in [1.807, 2.05) is 0 Å². The number of halogens is 4. The molecular formula is C24H18F4N2O2. The summed E-state index contributed by atoms with van der Waals surface area (Å²) in [5.41, 5.74) is 0.445. The van der Waals surface area contributed by atoms with Gasteiger partial charge in [0.1, 0.15) is 23.3 Å². The molecule has 0 aromatic heterocycles. The number of carbonyl (C=O) groups is 1. The molecule has 0 aliphatic carbocycles. The van der Waals surface area contributed by atoms with Gasteiger partial charge in [-0.05, 0) is 30.3 Å². The van der Waals surface area contributed by atoms with E-state index in [-0.39, 0.29) is 41.9 Å². The molecule has 1 aliphatic rings. The molecule has 0 saturated carbocycles. The van der Waals surface area contributed by atoms with Gasteiger partial charge < -0.3 is 9.74 Å². The van der Waals surface area contributed by atoms with Crippen LogP contribution in [-0.4, -0.2) is 29.2 Å². The monoisotopic (exact) mass is 442 g/mol. The average Bonchev–Trinajstić information content (AvgIpc) is 3.23. The normalized spacial score (nSPS) is 15.2. The Morgan fingerprint density at radius 1 is 0.938 bits per heavy atom. The summed E-state index contributed by atoms with van der Waals surface area (Å²) in [6.07, 6.45) is -0.530. The molecule has 0 spiro atoms. The first-order valence-corrected chi connectivity index (χ1v) is 9.87. The van der Waals surface area contributed by atoms with E-state index >= 15 is 0 Å². The lowest BCUT2D eigenvalue weighted by molar-refractivity contribution is 0.0400. The van der Waals surface area contributed by atoms with E-state index in [1.54, 1.807) is 6.07 Å². The molecule has 1 atom stereocenters. The van der Waals surface area contributed by atoms with E-state index in [2.05, 4.69) is 5.16 Å². The highest BCUT2D eigenvalue weighted by molar-refractivity contribution is 6.01. The summed E-state index contributed by atoms with van der Waals surface area (Å²) in [6, 6.07) is 14.6. The smallest absolute Gasteiger partial charge is 0.257 e.